The number of para-hydroxylation sites is 1. The molecule has 0 aliphatic heterocycles. The van der Waals surface area contributed by atoms with Gasteiger partial charge in [0.15, 0.2) is 0 Å². The van der Waals surface area contributed by atoms with E-state index in [1.165, 1.54) is 7.11 Å². The second kappa shape index (κ2) is 7.90. The Labute approximate surface area is 157 Å². The lowest BCUT2D eigenvalue weighted by atomic mass is 10.1. The average molecular weight is 366 g/mol. The molecule has 0 saturated heterocycles. The van der Waals surface area contributed by atoms with Crippen LogP contribution < -0.4 is 5.32 Å². The van der Waals surface area contributed by atoms with Crippen molar-refractivity contribution in [1.29, 1.82) is 0 Å². The molecule has 3 rings (SSSR count). The number of esters is 1. The second-order valence-electron chi connectivity index (χ2n) is 6.14. The summed E-state index contributed by atoms with van der Waals surface area (Å²) in [6.45, 7) is 3.99. The summed E-state index contributed by atoms with van der Waals surface area (Å²) in [4.78, 5) is 27.6. The summed E-state index contributed by atoms with van der Waals surface area (Å²) in [5.41, 5.74) is 3.92. The SMILES string of the molecule is CCc1[nH]c(C(=O)NCc2cnn(-c3ccccc3)c2)c(C)c1C(=O)OC. The molecule has 0 spiro atoms. The number of methoxy groups -OCH3 is 1. The molecule has 3 aromatic rings. The van der Waals surface area contributed by atoms with Crippen molar-refractivity contribution in [3.05, 3.63) is 70.8 Å². The van der Waals surface area contributed by atoms with Gasteiger partial charge < -0.3 is 15.0 Å². The first-order valence-electron chi connectivity index (χ1n) is 8.72. The molecule has 0 saturated carbocycles. The van der Waals surface area contributed by atoms with Crippen molar-refractivity contribution < 1.29 is 14.3 Å². The van der Waals surface area contributed by atoms with Gasteiger partial charge in [0, 0.05) is 24.0 Å². The van der Waals surface area contributed by atoms with Crippen molar-refractivity contribution >= 4 is 11.9 Å². The molecular formula is C20H22N4O3. The van der Waals surface area contributed by atoms with E-state index >= 15 is 0 Å². The lowest BCUT2D eigenvalue weighted by Gasteiger charge is -2.04. The van der Waals surface area contributed by atoms with Crippen molar-refractivity contribution in [2.24, 2.45) is 0 Å². The minimum atomic E-state index is -0.441. The van der Waals surface area contributed by atoms with Crippen molar-refractivity contribution in [3.8, 4) is 5.69 Å². The van der Waals surface area contributed by atoms with Gasteiger partial charge in [-0.05, 0) is 31.0 Å². The van der Waals surface area contributed by atoms with Crippen LogP contribution in [-0.4, -0.2) is 33.8 Å². The highest BCUT2D eigenvalue weighted by Crippen LogP contribution is 2.20. The number of rotatable bonds is 6. The first kappa shape index (κ1) is 18.4. The Balaban J connectivity index is 1.73. The van der Waals surface area contributed by atoms with Gasteiger partial charge in [-0.25, -0.2) is 9.48 Å². The number of hydrogen-bond acceptors (Lipinski definition) is 4. The van der Waals surface area contributed by atoms with Crippen LogP contribution in [0.15, 0.2) is 42.7 Å². The van der Waals surface area contributed by atoms with Crippen molar-refractivity contribution in [3.63, 3.8) is 0 Å². The van der Waals surface area contributed by atoms with Crippen molar-refractivity contribution in [2.45, 2.75) is 26.8 Å². The Morgan fingerprint density at radius 3 is 2.67 bits per heavy atom. The molecule has 0 radical (unpaired) electrons. The van der Waals surface area contributed by atoms with Gasteiger partial charge in [-0.3, -0.25) is 4.79 Å². The molecule has 2 heterocycles. The Kier molecular flexibility index (Phi) is 5.40. The molecule has 2 aromatic heterocycles. The molecule has 0 unspecified atom stereocenters. The van der Waals surface area contributed by atoms with E-state index in [9.17, 15) is 9.59 Å². The molecule has 1 aromatic carbocycles. The number of aromatic amines is 1. The van der Waals surface area contributed by atoms with E-state index in [1.54, 1.807) is 17.8 Å². The highest BCUT2D eigenvalue weighted by Gasteiger charge is 2.23. The van der Waals surface area contributed by atoms with E-state index in [-0.39, 0.29) is 5.91 Å². The van der Waals surface area contributed by atoms with E-state index < -0.39 is 5.97 Å². The van der Waals surface area contributed by atoms with Gasteiger partial charge >= 0.3 is 5.97 Å². The number of nitrogens with zero attached hydrogens (tertiary/aromatic N) is 2. The van der Waals surface area contributed by atoms with Gasteiger partial charge in [0.25, 0.3) is 5.91 Å². The van der Waals surface area contributed by atoms with E-state index in [2.05, 4.69) is 15.4 Å². The van der Waals surface area contributed by atoms with Crippen LogP contribution in [0.25, 0.3) is 5.69 Å². The molecule has 0 atom stereocenters. The molecule has 7 nitrogen and oxygen atoms in total. The van der Waals surface area contributed by atoms with Crippen LogP contribution in [0, 0.1) is 6.92 Å². The van der Waals surface area contributed by atoms with Gasteiger partial charge in [0.05, 0.1) is 24.6 Å². The second-order valence-corrected chi connectivity index (χ2v) is 6.14. The minimum absolute atomic E-state index is 0.273. The number of hydrogen-bond donors (Lipinski definition) is 2. The number of carbonyl (C=O) groups excluding carboxylic acids is 2. The van der Waals surface area contributed by atoms with Gasteiger partial charge in [-0.2, -0.15) is 5.10 Å². The number of nitrogens with one attached hydrogen (secondary N) is 2. The predicted molar refractivity (Wildman–Crippen MR) is 101 cm³/mol. The zero-order chi connectivity index (χ0) is 19.4. The fourth-order valence-electron chi connectivity index (χ4n) is 2.97. The van der Waals surface area contributed by atoms with Gasteiger partial charge in [-0.15, -0.1) is 0 Å². The highest BCUT2D eigenvalue weighted by molar-refractivity contribution is 6.00. The fraction of sp³-hybridized carbons (Fsp3) is 0.250. The van der Waals surface area contributed by atoms with Crippen LogP contribution in [0.4, 0.5) is 0 Å². The molecule has 2 N–H and O–H groups in total. The number of carbonyl (C=O) groups is 2. The Morgan fingerprint density at radius 1 is 1.26 bits per heavy atom. The van der Waals surface area contributed by atoms with Crippen LogP contribution in [0.1, 0.15) is 44.6 Å². The fourth-order valence-corrected chi connectivity index (χ4v) is 2.97. The topological polar surface area (TPSA) is 89.0 Å². The summed E-state index contributed by atoms with van der Waals surface area (Å²) in [5, 5.41) is 7.18. The summed E-state index contributed by atoms with van der Waals surface area (Å²) in [7, 11) is 1.33. The maximum atomic E-state index is 12.6. The van der Waals surface area contributed by atoms with Crippen molar-refractivity contribution in [2.75, 3.05) is 7.11 Å². The number of aryl methyl sites for hydroxylation is 1. The molecule has 0 aliphatic carbocycles. The molecular weight excluding hydrogens is 344 g/mol. The van der Waals surface area contributed by atoms with Crippen LogP contribution >= 0.6 is 0 Å². The number of aromatic nitrogens is 3. The Hall–Kier alpha value is -3.35. The maximum Gasteiger partial charge on any atom is 0.339 e. The summed E-state index contributed by atoms with van der Waals surface area (Å²) >= 11 is 0. The van der Waals surface area contributed by atoms with Gasteiger partial charge in [0.1, 0.15) is 5.69 Å². The zero-order valence-electron chi connectivity index (χ0n) is 15.6. The highest BCUT2D eigenvalue weighted by atomic mass is 16.5. The number of benzene rings is 1. The molecule has 7 heteroatoms. The van der Waals surface area contributed by atoms with Crippen LogP contribution in [-0.2, 0) is 17.7 Å². The smallest absolute Gasteiger partial charge is 0.339 e. The largest absolute Gasteiger partial charge is 0.465 e. The summed E-state index contributed by atoms with van der Waals surface area (Å²) in [6, 6.07) is 9.74. The number of ether oxygens (including phenoxy) is 1. The zero-order valence-corrected chi connectivity index (χ0v) is 15.6. The van der Waals surface area contributed by atoms with Gasteiger partial charge in [0.2, 0.25) is 0 Å². The number of H-pyrrole nitrogens is 1. The number of amides is 1. The predicted octanol–water partition coefficient (Wildman–Crippen LogP) is 2.79. The maximum absolute atomic E-state index is 12.6. The molecule has 0 bridgehead atoms. The van der Waals surface area contributed by atoms with Crippen LogP contribution in [0.3, 0.4) is 0 Å². The first-order chi connectivity index (χ1) is 13.0. The lowest BCUT2D eigenvalue weighted by molar-refractivity contribution is 0.0599. The van der Waals surface area contributed by atoms with Gasteiger partial charge in [-0.1, -0.05) is 25.1 Å². The molecule has 0 fully saturated rings. The first-order valence-corrected chi connectivity index (χ1v) is 8.72. The van der Waals surface area contributed by atoms with E-state index in [4.69, 9.17) is 4.74 Å². The molecule has 1 amide bonds. The van der Waals surface area contributed by atoms with Crippen LogP contribution in [0.5, 0.6) is 0 Å². The Bertz CT molecular complexity index is 957. The quantitative estimate of drug-likeness (QED) is 0.657. The monoisotopic (exact) mass is 366 g/mol. The molecule has 140 valence electrons. The third-order valence-corrected chi connectivity index (χ3v) is 4.41. The van der Waals surface area contributed by atoms with E-state index in [0.29, 0.717) is 35.5 Å². The average Bonchev–Trinajstić information content (AvgIpc) is 3.30. The third-order valence-electron chi connectivity index (χ3n) is 4.41. The Morgan fingerprint density at radius 2 is 2.00 bits per heavy atom. The third kappa shape index (κ3) is 3.76. The van der Waals surface area contributed by atoms with E-state index in [1.807, 2.05) is 43.5 Å². The normalized spacial score (nSPS) is 10.6. The minimum Gasteiger partial charge on any atom is -0.465 e. The summed E-state index contributed by atoms with van der Waals surface area (Å²) < 4.78 is 6.58. The van der Waals surface area contributed by atoms with Crippen molar-refractivity contribution in [1.82, 2.24) is 20.1 Å². The van der Waals surface area contributed by atoms with E-state index in [0.717, 1.165) is 11.3 Å². The molecule has 27 heavy (non-hydrogen) atoms. The summed E-state index contributed by atoms with van der Waals surface area (Å²) in [5.74, 6) is -0.714. The lowest BCUT2D eigenvalue weighted by Crippen LogP contribution is -2.23. The summed E-state index contributed by atoms with van der Waals surface area (Å²) in [6.07, 6.45) is 4.18. The molecule has 0 aliphatic rings. The standard InChI is InChI=1S/C20H22N4O3/c1-4-16-17(20(26)27-3)13(2)18(23-16)19(25)21-10-14-11-22-24(12-14)15-8-6-5-7-9-15/h5-9,11-12,23H,4,10H2,1-3H3,(H,21,25). The van der Waals surface area contributed by atoms with Crippen LogP contribution in [0.2, 0.25) is 0 Å².